The van der Waals surface area contributed by atoms with Gasteiger partial charge < -0.3 is 14.8 Å². The first-order valence-corrected chi connectivity index (χ1v) is 6.81. The quantitative estimate of drug-likeness (QED) is 0.926. The van der Waals surface area contributed by atoms with E-state index in [4.69, 9.17) is 9.47 Å². The molecule has 1 aromatic carbocycles. The highest BCUT2D eigenvalue weighted by Crippen LogP contribution is 2.41. The summed E-state index contributed by atoms with van der Waals surface area (Å²) in [6, 6.07) is 2.02. The monoisotopic (exact) mass is 317 g/mol. The van der Waals surface area contributed by atoms with Gasteiger partial charge in [-0.15, -0.1) is 0 Å². The SMILES string of the molecule is COc1c(Br)cc(C2CCCCN2)c(OC)c1F. The highest BCUT2D eigenvalue weighted by atomic mass is 79.9. The second-order valence-electron chi connectivity index (χ2n) is 4.33. The molecule has 1 fully saturated rings. The van der Waals surface area contributed by atoms with Crippen molar-refractivity contribution in [1.29, 1.82) is 0 Å². The third-order valence-corrected chi connectivity index (χ3v) is 3.84. The molecule has 0 bridgehead atoms. The first-order valence-electron chi connectivity index (χ1n) is 6.02. The summed E-state index contributed by atoms with van der Waals surface area (Å²) in [6.07, 6.45) is 3.30. The van der Waals surface area contributed by atoms with E-state index in [9.17, 15) is 4.39 Å². The van der Waals surface area contributed by atoms with Crippen molar-refractivity contribution in [2.24, 2.45) is 0 Å². The summed E-state index contributed by atoms with van der Waals surface area (Å²) >= 11 is 3.34. The minimum Gasteiger partial charge on any atom is -0.493 e. The van der Waals surface area contributed by atoms with E-state index in [1.54, 1.807) is 0 Å². The molecule has 5 heteroatoms. The highest BCUT2D eigenvalue weighted by Gasteiger charge is 2.25. The van der Waals surface area contributed by atoms with E-state index in [1.807, 2.05) is 6.07 Å². The molecule has 100 valence electrons. The number of piperidine rings is 1. The molecule has 0 aromatic heterocycles. The fourth-order valence-corrected chi connectivity index (χ4v) is 2.96. The van der Waals surface area contributed by atoms with Gasteiger partial charge in [0.25, 0.3) is 0 Å². The van der Waals surface area contributed by atoms with E-state index < -0.39 is 5.82 Å². The molecule has 1 saturated heterocycles. The molecule has 0 aliphatic carbocycles. The van der Waals surface area contributed by atoms with Gasteiger partial charge in [0.05, 0.1) is 18.7 Å². The lowest BCUT2D eigenvalue weighted by atomic mass is 9.96. The zero-order chi connectivity index (χ0) is 13.1. The summed E-state index contributed by atoms with van der Waals surface area (Å²) < 4.78 is 25.1. The smallest absolute Gasteiger partial charge is 0.208 e. The maximum Gasteiger partial charge on any atom is 0.208 e. The molecular weight excluding hydrogens is 301 g/mol. The first-order chi connectivity index (χ1) is 8.69. The molecule has 0 radical (unpaired) electrons. The van der Waals surface area contributed by atoms with Crippen LogP contribution in [-0.4, -0.2) is 20.8 Å². The molecule has 3 nitrogen and oxygen atoms in total. The molecule has 1 unspecified atom stereocenters. The van der Waals surface area contributed by atoms with Crippen LogP contribution in [0.5, 0.6) is 11.5 Å². The van der Waals surface area contributed by atoms with Crippen LogP contribution in [0.1, 0.15) is 30.9 Å². The molecular formula is C13H17BrFNO2. The van der Waals surface area contributed by atoms with E-state index in [1.165, 1.54) is 20.6 Å². The maximum absolute atomic E-state index is 14.2. The number of rotatable bonds is 3. The van der Waals surface area contributed by atoms with Gasteiger partial charge in [0.15, 0.2) is 11.5 Å². The van der Waals surface area contributed by atoms with Gasteiger partial charge in [0.1, 0.15) is 0 Å². The number of hydrogen-bond acceptors (Lipinski definition) is 3. The molecule has 18 heavy (non-hydrogen) atoms. The van der Waals surface area contributed by atoms with Gasteiger partial charge in [-0.2, -0.15) is 4.39 Å². The van der Waals surface area contributed by atoms with Gasteiger partial charge in [-0.3, -0.25) is 0 Å². The molecule has 0 spiro atoms. The largest absolute Gasteiger partial charge is 0.493 e. The Kier molecular flexibility index (Phi) is 4.45. The van der Waals surface area contributed by atoms with Crippen LogP contribution in [0, 0.1) is 5.82 Å². The summed E-state index contributed by atoms with van der Waals surface area (Å²) in [5, 5.41) is 3.39. The summed E-state index contributed by atoms with van der Waals surface area (Å²) in [7, 11) is 2.93. The minimum atomic E-state index is -0.447. The minimum absolute atomic E-state index is 0.144. The molecule has 2 rings (SSSR count). The molecule has 1 aliphatic rings. The number of benzene rings is 1. The van der Waals surface area contributed by atoms with Crippen LogP contribution >= 0.6 is 15.9 Å². The zero-order valence-electron chi connectivity index (χ0n) is 10.6. The van der Waals surface area contributed by atoms with E-state index in [-0.39, 0.29) is 17.5 Å². The Labute approximate surface area is 115 Å². The lowest BCUT2D eigenvalue weighted by Crippen LogP contribution is -2.27. The van der Waals surface area contributed by atoms with Crippen LogP contribution in [0.25, 0.3) is 0 Å². The first kappa shape index (κ1) is 13.6. The van der Waals surface area contributed by atoms with Crippen molar-refractivity contribution >= 4 is 15.9 Å². The van der Waals surface area contributed by atoms with Crippen molar-refractivity contribution in [3.8, 4) is 11.5 Å². The van der Waals surface area contributed by atoms with Gasteiger partial charge in [0.2, 0.25) is 5.82 Å². The van der Waals surface area contributed by atoms with Gasteiger partial charge in [0, 0.05) is 11.6 Å². The van der Waals surface area contributed by atoms with Crippen LogP contribution in [0.4, 0.5) is 4.39 Å². The third kappa shape index (κ3) is 2.47. The fourth-order valence-electron chi connectivity index (χ4n) is 2.37. The normalized spacial score (nSPS) is 19.7. The average molecular weight is 318 g/mol. The van der Waals surface area contributed by atoms with Crippen molar-refractivity contribution in [3.63, 3.8) is 0 Å². The lowest BCUT2D eigenvalue weighted by Gasteiger charge is -2.26. The summed E-state index contributed by atoms with van der Waals surface area (Å²) in [5.41, 5.74) is 0.849. The van der Waals surface area contributed by atoms with Crippen LogP contribution in [0.2, 0.25) is 0 Å². The average Bonchev–Trinajstić information content (AvgIpc) is 2.39. The van der Waals surface area contributed by atoms with Gasteiger partial charge >= 0.3 is 0 Å². The Morgan fingerprint density at radius 2 is 2.00 bits per heavy atom. The lowest BCUT2D eigenvalue weighted by molar-refractivity contribution is 0.333. The number of methoxy groups -OCH3 is 2. The number of hydrogen-bond donors (Lipinski definition) is 1. The standard InChI is InChI=1S/C13H17BrFNO2/c1-17-12-8(10-5-3-4-6-16-10)7-9(14)13(18-2)11(12)15/h7,10,16H,3-6H2,1-2H3. The number of nitrogens with one attached hydrogen (secondary N) is 1. The predicted octanol–water partition coefficient (Wildman–Crippen LogP) is 3.42. The Bertz CT molecular complexity index is 433. The van der Waals surface area contributed by atoms with Gasteiger partial charge in [-0.05, 0) is 41.4 Å². The second-order valence-corrected chi connectivity index (χ2v) is 5.18. The van der Waals surface area contributed by atoms with Crippen LogP contribution in [0.15, 0.2) is 10.5 Å². The van der Waals surface area contributed by atoms with Crippen molar-refractivity contribution in [1.82, 2.24) is 5.32 Å². The Hall–Kier alpha value is -0.810. The van der Waals surface area contributed by atoms with Crippen molar-refractivity contribution in [3.05, 3.63) is 21.9 Å². The molecule has 1 aromatic rings. The van der Waals surface area contributed by atoms with E-state index in [0.717, 1.165) is 24.9 Å². The molecule has 1 N–H and O–H groups in total. The Morgan fingerprint density at radius 3 is 2.56 bits per heavy atom. The topological polar surface area (TPSA) is 30.5 Å². The maximum atomic E-state index is 14.2. The van der Waals surface area contributed by atoms with Crippen LogP contribution in [0.3, 0.4) is 0 Å². The molecule has 0 saturated carbocycles. The van der Waals surface area contributed by atoms with Crippen LogP contribution in [-0.2, 0) is 0 Å². The third-order valence-electron chi connectivity index (χ3n) is 3.25. The van der Waals surface area contributed by atoms with Crippen molar-refractivity contribution in [2.45, 2.75) is 25.3 Å². The zero-order valence-corrected chi connectivity index (χ0v) is 12.1. The van der Waals surface area contributed by atoms with Crippen molar-refractivity contribution in [2.75, 3.05) is 20.8 Å². The number of ether oxygens (including phenoxy) is 2. The Morgan fingerprint density at radius 1 is 1.28 bits per heavy atom. The highest BCUT2D eigenvalue weighted by molar-refractivity contribution is 9.10. The van der Waals surface area contributed by atoms with E-state index >= 15 is 0 Å². The van der Waals surface area contributed by atoms with Crippen LogP contribution < -0.4 is 14.8 Å². The summed E-state index contributed by atoms with van der Waals surface area (Å²) in [6.45, 7) is 0.957. The summed E-state index contributed by atoms with van der Waals surface area (Å²) in [4.78, 5) is 0. The van der Waals surface area contributed by atoms with E-state index in [0.29, 0.717) is 4.47 Å². The Balaban J connectivity index is 2.45. The number of halogens is 2. The predicted molar refractivity (Wildman–Crippen MR) is 71.8 cm³/mol. The molecule has 1 heterocycles. The molecule has 1 aliphatic heterocycles. The van der Waals surface area contributed by atoms with E-state index in [2.05, 4.69) is 21.2 Å². The van der Waals surface area contributed by atoms with Gasteiger partial charge in [-0.1, -0.05) is 6.42 Å². The fraction of sp³-hybridized carbons (Fsp3) is 0.538. The molecule has 0 amide bonds. The van der Waals surface area contributed by atoms with Crippen molar-refractivity contribution < 1.29 is 13.9 Å². The summed E-state index contributed by atoms with van der Waals surface area (Å²) in [5.74, 6) is 0.0117. The second kappa shape index (κ2) is 5.89. The van der Waals surface area contributed by atoms with Gasteiger partial charge in [-0.25, -0.2) is 0 Å². The molecule has 1 atom stereocenters.